The van der Waals surface area contributed by atoms with Gasteiger partial charge in [0.25, 0.3) is 5.91 Å². The van der Waals surface area contributed by atoms with Crippen LogP contribution < -0.4 is 14.8 Å². The van der Waals surface area contributed by atoms with Gasteiger partial charge in [0.15, 0.2) is 5.17 Å². The molecule has 1 aliphatic heterocycles. The predicted molar refractivity (Wildman–Crippen MR) is 99.5 cm³/mol. The number of hydrogen-bond donors (Lipinski definition) is 1. The van der Waals surface area contributed by atoms with Gasteiger partial charge in [-0.2, -0.15) is 4.99 Å². The number of carbonyl (C=O) groups excluding carboxylic acids is 2. The second kappa shape index (κ2) is 8.75. The van der Waals surface area contributed by atoms with E-state index in [2.05, 4.69) is 10.3 Å². The van der Waals surface area contributed by atoms with Crippen molar-refractivity contribution < 1.29 is 19.1 Å². The number of anilines is 1. The Morgan fingerprint density at radius 3 is 2.60 bits per heavy atom. The maximum Gasteiger partial charge on any atom is 0.262 e. The van der Waals surface area contributed by atoms with E-state index in [-0.39, 0.29) is 18.2 Å². The predicted octanol–water partition coefficient (Wildman–Crippen LogP) is 2.37. The molecule has 0 aliphatic carbocycles. The molecule has 136 valence electrons. The topological polar surface area (TPSA) is 80.2 Å². The molecule has 0 spiro atoms. The summed E-state index contributed by atoms with van der Waals surface area (Å²) in [4.78, 5) is 30.5. The molecule has 2 amide bonds. The van der Waals surface area contributed by atoms with Crippen LogP contribution in [0, 0.1) is 0 Å². The van der Waals surface area contributed by atoms with Gasteiger partial charge < -0.3 is 19.7 Å². The molecule has 1 aromatic carbocycles. The molecule has 0 fully saturated rings. The molecule has 2 rings (SSSR count). The smallest absolute Gasteiger partial charge is 0.262 e. The molecule has 0 aromatic heterocycles. The average molecular weight is 365 g/mol. The van der Waals surface area contributed by atoms with Crippen LogP contribution in [0.25, 0.3) is 0 Å². The van der Waals surface area contributed by atoms with Gasteiger partial charge in [0.05, 0.1) is 19.9 Å². The second-order valence-electron chi connectivity index (χ2n) is 5.33. The van der Waals surface area contributed by atoms with E-state index in [1.54, 1.807) is 25.3 Å². The summed E-state index contributed by atoms with van der Waals surface area (Å²) in [5, 5.41) is 2.99. The quantitative estimate of drug-likeness (QED) is 0.799. The number of methoxy groups -OCH3 is 2. The first-order valence-corrected chi connectivity index (χ1v) is 8.96. The van der Waals surface area contributed by atoms with Crippen molar-refractivity contribution in [2.45, 2.75) is 25.5 Å². The van der Waals surface area contributed by atoms with Gasteiger partial charge in [-0.15, -0.1) is 0 Å². The second-order valence-corrected chi connectivity index (χ2v) is 6.50. The number of nitrogens with one attached hydrogen (secondary N) is 1. The molecule has 1 N–H and O–H groups in total. The molecular weight excluding hydrogens is 342 g/mol. The third kappa shape index (κ3) is 4.66. The lowest BCUT2D eigenvalue weighted by Gasteiger charge is -2.19. The average Bonchev–Trinajstić information content (AvgIpc) is 2.96. The monoisotopic (exact) mass is 365 g/mol. The summed E-state index contributed by atoms with van der Waals surface area (Å²) in [5.41, 5.74) is 0.536. The molecule has 1 heterocycles. The van der Waals surface area contributed by atoms with Crippen molar-refractivity contribution in [1.82, 2.24) is 4.90 Å². The number of amides is 2. The van der Waals surface area contributed by atoms with Crippen LogP contribution in [0.4, 0.5) is 5.69 Å². The molecule has 0 radical (unpaired) electrons. The lowest BCUT2D eigenvalue weighted by molar-refractivity contribution is -0.121. The minimum absolute atomic E-state index is 0.0625. The zero-order chi connectivity index (χ0) is 18.4. The Bertz CT molecular complexity index is 674. The van der Waals surface area contributed by atoms with Crippen LogP contribution >= 0.6 is 11.8 Å². The van der Waals surface area contributed by atoms with E-state index in [0.717, 1.165) is 13.1 Å². The zero-order valence-electron chi connectivity index (χ0n) is 14.9. The van der Waals surface area contributed by atoms with Crippen molar-refractivity contribution in [3.8, 4) is 11.5 Å². The summed E-state index contributed by atoms with van der Waals surface area (Å²) in [6, 6.07) is 5.12. The van der Waals surface area contributed by atoms with E-state index in [1.165, 1.54) is 18.9 Å². The third-order valence-electron chi connectivity index (χ3n) is 3.82. The van der Waals surface area contributed by atoms with Gasteiger partial charge in [-0.25, -0.2) is 0 Å². The van der Waals surface area contributed by atoms with E-state index >= 15 is 0 Å². The molecule has 1 aliphatic rings. The SMILES string of the molecule is CCN(CC)C1=NC(=O)C(CC(=O)Nc2ccc(OC)cc2OC)S1. The summed E-state index contributed by atoms with van der Waals surface area (Å²) >= 11 is 1.35. The van der Waals surface area contributed by atoms with Crippen LogP contribution in [0.5, 0.6) is 11.5 Å². The molecule has 1 unspecified atom stereocenters. The van der Waals surface area contributed by atoms with Gasteiger partial charge in [-0.1, -0.05) is 11.8 Å². The fourth-order valence-electron chi connectivity index (χ4n) is 2.41. The van der Waals surface area contributed by atoms with Crippen molar-refractivity contribution >= 4 is 34.4 Å². The minimum Gasteiger partial charge on any atom is -0.497 e. The molecular formula is C17H23N3O4S. The van der Waals surface area contributed by atoms with E-state index < -0.39 is 5.25 Å². The van der Waals surface area contributed by atoms with Crippen LogP contribution in [0.3, 0.4) is 0 Å². The number of hydrogen-bond acceptors (Lipinski definition) is 6. The number of ether oxygens (including phenoxy) is 2. The Balaban J connectivity index is 1.99. The number of benzene rings is 1. The summed E-state index contributed by atoms with van der Waals surface area (Å²) in [5.74, 6) is 0.612. The van der Waals surface area contributed by atoms with E-state index in [4.69, 9.17) is 9.47 Å². The normalized spacial score (nSPS) is 16.4. The molecule has 1 atom stereocenters. The summed E-state index contributed by atoms with van der Waals surface area (Å²) in [6.45, 7) is 5.56. The maximum absolute atomic E-state index is 12.3. The maximum atomic E-state index is 12.3. The Hall–Kier alpha value is -2.22. The van der Waals surface area contributed by atoms with Crippen molar-refractivity contribution in [2.24, 2.45) is 4.99 Å². The van der Waals surface area contributed by atoms with Gasteiger partial charge in [0, 0.05) is 25.6 Å². The highest BCUT2D eigenvalue weighted by Crippen LogP contribution is 2.31. The lowest BCUT2D eigenvalue weighted by atomic mass is 10.2. The fourth-order valence-corrected chi connectivity index (χ4v) is 3.60. The highest BCUT2D eigenvalue weighted by molar-refractivity contribution is 8.15. The van der Waals surface area contributed by atoms with E-state index in [9.17, 15) is 9.59 Å². The largest absolute Gasteiger partial charge is 0.497 e. The van der Waals surface area contributed by atoms with Crippen molar-refractivity contribution in [1.29, 1.82) is 0 Å². The molecule has 0 saturated heterocycles. The van der Waals surface area contributed by atoms with Crippen molar-refractivity contribution in [3.05, 3.63) is 18.2 Å². The molecule has 1 aromatic rings. The van der Waals surface area contributed by atoms with Gasteiger partial charge in [0.1, 0.15) is 16.7 Å². The van der Waals surface area contributed by atoms with Crippen LogP contribution in [-0.2, 0) is 9.59 Å². The van der Waals surface area contributed by atoms with E-state index in [0.29, 0.717) is 22.4 Å². The van der Waals surface area contributed by atoms with Crippen LogP contribution in [-0.4, -0.2) is 54.4 Å². The zero-order valence-corrected chi connectivity index (χ0v) is 15.7. The van der Waals surface area contributed by atoms with E-state index in [1.807, 2.05) is 18.7 Å². The number of nitrogens with zero attached hydrogens (tertiary/aromatic N) is 2. The molecule has 0 saturated carbocycles. The Labute approximate surface area is 151 Å². The summed E-state index contributed by atoms with van der Waals surface area (Å²) < 4.78 is 10.4. The number of amidine groups is 1. The summed E-state index contributed by atoms with van der Waals surface area (Å²) in [7, 11) is 3.08. The number of carbonyl (C=O) groups is 2. The molecule has 25 heavy (non-hydrogen) atoms. The van der Waals surface area contributed by atoms with Gasteiger partial charge >= 0.3 is 0 Å². The van der Waals surface area contributed by atoms with Gasteiger partial charge in [-0.05, 0) is 26.0 Å². The van der Waals surface area contributed by atoms with Crippen LogP contribution in [0.1, 0.15) is 20.3 Å². The molecule has 0 bridgehead atoms. The van der Waals surface area contributed by atoms with Crippen molar-refractivity contribution in [3.63, 3.8) is 0 Å². The highest BCUT2D eigenvalue weighted by Gasteiger charge is 2.32. The first-order chi connectivity index (χ1) is 12.0. The van der Waals surface area contributed by atoms with Crippen LogP contribution in [0.15, 0.2) is 23.2 Å². The molecule has 8 heteroatoms. The third-order valence-corrected chi connectivity index (χ3v) is 5.03. The molecule has 7 nitrogen and oxygen atoms in total. The number of aliphatic imine (C=N–C) groups is 1. The highest BCUT2D eigenvalue weighted by atomic mass is 32.2. The standard InChI is InChI=1S/C17H23N3O4S/c1-5-20(6-2)17-19-16(22)14(25-17)10-15(21)18-12-8-7-11(23-3)9-13(12)24-4/h7-9,14H,5-6,10H2,1-4H3,(H,18,21). The first kappa shape index (κ1) is 19.1. The lowest BCUT2D eigenvalue weighted by Crippen LogP contribution is -2.27. The minimum atomic E-state index is -0.486. The number of rotatable bonds is 7. The van der Waals surface area contributed by atoms with Gasteiger partial charge in [-0.3, -0.25) is 9.59 Å². The fraction of sp³-hybridized carbons (Fsp3) is 0.471. The van der Waals surface area contributed by atoms with Crippen LogP contribution in [0.2, 0.25) is 0 Å². The Kier molecular flexibility index (Phi) is 6.69. The van der Waals surface area contributed by atoms with Crippen molar-refractivity contribution in [2.75, 3.05) is 32.6 Å². The summed E-state index contributed by atoms with van der Waals surface area (Å²) in [6.07, 6.45) is 0.0625. The Morgan fingerprint density at radius 1 is 1.28 bits per heavy atom. The number of thioether (sulfide) groups is 1. The Morgan fingerprint density at radius 2 is 2.00 bits per heavy atom. The van der Waals surface area contributed by atoms with Gasteiger partial charge in [0.2, 0.25) is 5.91 Å². The first-order valence-electron chi connectivity index (χ1n) is 8.08.